The van der Waals surface area contributed by atoms with Gasteiger partial charge in [-0.25, -0.2) is 4.79 Å². The quantitative estimate of drug-likeness (QED) is 0.679. The fourth-order valence-corrected chi connectivity index (χ4v) is 3.30. The maximum Gasteiger partial charge on any atom is 0.317 e. The summed E-state index contributed by atoms with van der Waals surface area (Å²) in [5, 5.41) is 6.08. The molecule has 0 radical (unpaired) electrons. The molecule has 1 aliphatic heterocycles. The lowest BCUT2D eigenvalue weighted by atomic mass is 9.95. The molecule has 140 valence electrons. The summed E-state index contributed by atoms with van der Waals surface area (Å²) >= 11 is 0. The average molecular weight is 363 g/mol. The van der Waals surface area contributed by atoms with Crippen LogP contribution < -0.4 is 16.4 Å². The second-order valence-corrected chi connectivity index (χ2v) is 6.62. The highest BCUT2D eigenvalue weighted by Gasteiger charge is 2.26. The number of rotatable bonds is 5. The van der Waals surface area contributed by atoms with Gasteiger partial charge in [0.05, 0.1) is 6.61 Å². The largest absolute Gasteiger partial charge is 0.383 e. The first-order chi connectivity index (χ1) is 11.1. The summed E-state index contributed by atoms with van der Waals surface area (Å²) in [6, 6.07) is -0.171. The average Bonchev–Trinajstić information content (AvgIpc) is 2.56. The Hall–Kier alpha value is -1.05. The molecule has 1 saturated heterocycles. The summed E-state index contributed by atoms with van der Waals surface area (Å²) in [4.78, 5) is 26.0. The van der Waals surface area contributed by atoms with Crippen LogP contribution in [0.3, 0.4) is 0 Å². The van der Waals surface area contributed by atoms with Crippen molar-refractivity contribution in [2.45, 2.75) is 63.1 Å². The van der Waals surface area contributed by atoms with Crippen LogP contribution in [0.4, 0.5) is 4.79 Å². The fraction of sp³-hybridized carbons (Fsp3) is 0.875. The van der Waals surface area contributed by atoms with Crippen molar-refractivity contribution in [3.63, 3.8) is 0 Å². The highest BCUT2D eigenvalue weighted by Crippen LogP contribution is 2.18. The molecule has 0 aromatic heterocycles. The number of ether oxygens (including phenoxy) is 1. The molecule has 0 aromatic rings. The van der Waals surface area contributed by atoms with E-state index in [0.717, 1.165) is 25.7 Å². The zero-order chi connectivity index (χ0) is 16.7. The molecule has 1 atom stereocenters. The molecule has 8 heteroatoms. The Balaban J connectivity index is 0.00000288. The minimum atomic E-state index is -0.632. The Morgan fingerprint density at radius 1 is 1.08 bits per heavy atom. The van der Waals surface area contributed by atoms with Gasteiger partial charge in [0, 0.05) is 32.3 Å². The number of nitrogens with one attached hydrogen (secondary N) is 2. The molecular formula is C16H31ClN4O3. The molecule has 4 N–H and O–H groups in total. The van der Waals surface area contributed by atoms with Crippen LogP contribution in [-0.2, 0) is 9.53 Å². The number of hydrogen-bond donors (Lipinski definition) is 3. The molecule has 1 saturated carbocycles. The third-order valence-electron chi connectivity index (χ3n) is 4.74. The van der Waals surface area contributed by atoms with Crippen LogP contribution in [-0.4, -0.2) is 61.8 Å². The van der Waals surface area contributed by atoms with Crippen LogP contribution >= 0.6 is 12.4 Å². The van der Waals surface area contributed by atoms with Gasteiger partial charge < -0.3 is 26.0 Å². The number of nitrogens with two attached hydrogens (primary N) is 1. The van der Waals surface area contributed by atoms with Crippen molar-refractivity contribution >= 4 is 24.3 Å². The van der Waals surface area contributed by atoms with E-state index in [4.69, 9.17) is 10.5 Å². The Bertz CT molecular complexity index is 397. The number of hydrogen-bond acceptors (Lipinski definition) is 4. The lowest BCUT2D eigenvalue weighted by Gasteiger charge is -2.34. The molecule has 1 heterocycles. The van der Waals surface area contributed by atoms with E-state index < -0.39 is 6.04 Å². The number of urea groups is 1. The van der Waals surface area contributed by atoms with Gasteiger partial charge in [0.15, 0.2) is 0 Å². The topological polar surface area (TPSA) is 96.7 Å². The van der Waals surface area contributed by atoms with Crippen LogP contribution in [0, 0.1) is 0 Å². The van der Waals surface area contributed by atoms with E-state index in [2.05, 4.69) is 10.6 Å². The number of methoxy groups -OCH3 is 1. The summed E-state index contributed by atoms with van der Waals surface area (Å²) < 4.78 is 4.89. The number of nitrogens with zero attached hydrogens (tertiary/aromatic N) is 1. The number of piperidine rings is 1. The molecule has 24 heavy (non-hydrogen) atoms. The molecule has 1 aliphatic carbocycles. The van der Waals surface area contributed by atoms with Crippen LogP contribution in [0.15, 0.2) is 0 Å². The van der Waals surface area contributed by atoms with Crippen LogP contribution in [0.2, 0.25) is 0 Å². The highest BCUT2D eigenvalue weighted by atomic mass is 35.5. The molecule has 2 fully saturated rings. The fourth-order valence-electron chi connectivity index (χ4n) is 3.30. The van der Waals surface area contributed by atoms with E-state index in [1.807, 2.05) is 4.90 Å². The number of carbonyl (C=O) groups excluding carboxylic acids is 2. The van der Waals surface area contributed by atoms with Gasteiger partial charge >= 0.3 is 6.03 Å². The van der Waals surface area contributed by atoms with E-state index in [1.165, 1.54) is 26.4 Å². The number of likely N-dealkylation sites (tertiary alicyclic amines) is 1. The van der Waals surface area contributed by atoms with Crippen molar-refractivity contribution < 1.29 is 14.3 Å². The first-order valence-electron chi connectivity index (χ1n) is 8.70. The Morgan fingerprint density at radius 3 is 2.25 bits per heavy atom. The first kappa shape index (κ1) is 21.0. The zero-order valence-corrected chi connectivity index (χ0v) is 15.3. The van der Waals surface area contributed by atoms with E-state index in [9.17, 15) is 9.59 Å². The predicted molar refractivity (Wildman–Crippen MR) is 95.2 cm³/mol. The van der Waals surface area contributed by atoms with Gasteiger partial charge in [0.2, 0.25) is 5.91 Å². The first-order valence-corrected chi connectivity index (χ1v) is 8.70. The van der Waals surface area contributed by atoms with Gasteiger partial charge in [0.1, 0.15) is 6.04 Å². The summed E-state index contributed by atoms with van der Waals surface area (Å²) in [7, 11) is 1.52. The Kier molecular flexibility index (Phi) is 9.39. The van der Waals surface area contributed by atoms with Crippen molar-refractivity contribution in [2.75, 3.05) is 26.8 Å². The lowest BCUT2D eigenvalue weighted by Crippen LogP contribution is -2.53. The molecule has 3 amide bonds. The summed E-state index contributed by atoms with van der Waals surface area (Å²) in [6.45, 7) is 1.56. The van der Waals surface area contributed by atoms with Crippen LogP contribution in [0.5, 0.6) is 0 Å². The molecule has 2 aliphatic rings. The molecule has 1 unspecified atom stereocenters. The summed E-state index contributed by atoms with van der Waals surface area (Å²) in [6.07, 6.45) is 7.42. The van der Waals surface area contributed by atoms with E-state index in [0.29, 0.717) is 19.1 Å². The maximum atomic E-state index is 12.3. The number of carbonyl (C=O) groups is 2. The van der Waals surface area contributed by atoms with Crippen LogP contribution in [0.25, 0.3) is 0 Å². The Morgan fingerprint density at radius 2 is 1.67 bits per heavy atom. The van der Waals surface area contributed by atoms with Gasteiger partial charge in [0.25, 0.3) is 0 Å². The second kappa shape index (κ2) is 10.7. The molecule has 0 spiro atoms. The normalized spacial score (nSPS) is 20.8. The second-order valence-electron chi connectivity index (χ2n) is 6.62. The van der Waals surface area contributed by atoms with Crippen molar-refractivity contribution in [3.05, 3.63) is 0 Å². The summed E-state index contributed by atoms with van der Waals surface area (Å²) in [5.74, 6) is -0.183. The third-order valence-corrected chi connectivity index (χ3v) is 4.74. The summed E-state index contributed by atoms with van der Waals surface area (Å²) in [5.41, 5.74) is 5.71. The van der Waals surface area contributed by atoms with E-state index in [1.54, 1.807) is 0 Å². The number of amides is 3. The SMILES string of the molecule is COCC(N)C(=O)NC1CCN(C(=O)NC2CCCCC2)CC1.Cl. The molecule has 2 rings (SSSR count). The maximum absolute atomic E-state index is 12.3. The molecule has 0 bridgehead atoms. The number of halogens is 1. The smallest absolute Gasteiger partial charge is 0.317 e. The standard InChI is InChI=1S/C16H30N4O3.ClH/c1-23-11-14(17)15(21)18-13-7-9-20(10-8-13)16(22)19-12-5-3-2-4-6-12;/h12-14H,2-11,17H2,1H3,(H,18,21)(H,19,22);1H. The van der Waals surface area contributed by atoms with Crippen molar-refractivity contribution in [2.24, 2.45) is 5.73 Å². The zero-order valence-electron chi connectivity index (χ0n) is 14.5. The van der Waals surface area contributed by atoms with E-state index >= 15 is 0 Å². The predicted octanol–water partition coefficient (Wildman–Crippen LogP) is 1.00. The lowest BCUT2D eigenvalue weighted by molar-refractivity contribution is -0.124. The van der Waals surface area contributed by atoms with Gasteiger partial charge in [-0.15, -0.1) is 12.4 Å². The molecule has 0 aromatic carbocycles. The van der Waals surface area contributed by atoms with Gasteiger partial charge in [-0.3, -0.25) is 4.79 Å². The third kappa shape index (κ3) is 6.45. The Labute approximate surface area is 150 Å². The highest BCUT2D eigenvalue weighted by molar-refractivity contribution is 5.85. The monoisotopic (exact) mass is 362 g/mol. The van der Waals surface area contributed by atoms with Gasteiger partial charge in [-0.2, -0.15) is 0 Å². The van der Waals surface area contributed by atoms with Crippen molar-refractivity contribution in [1.82, 2.24) is 15.5 Å². The van der Waals surface area contributed by atoms with Gasteiger partial charge in [-0.05, 0) is 25.7 Å². The minimum absolute atomic E-state index is 0. The van der Waals surface area contributed by atoms with Crippen LogP contribution in [0.1, 0.15) is 44.9 Å². The molecular weight excluding hydrogens is 332 g/mol. The van der Waals surface area contributed by atoms with Crippen molar-refractivity contribution in [1.29, 1.82) is 0 Å². The molecule has 7 nitrogen and oxygen atoms in total. The van der Waals surface area contributed by atoms with Gasteiger partial charge in [-0.1, -0.05) is 19.3 Å². The van der Waals surface area contributed by atoms with Crippen molar-refractivity contribution in [3.8, 4) is 0 Å². The van der Waals surface area contributed by atoms with E-state index in [-0.39, 0.29) is 37.0 Å². The minimum Gasteiger partial charge on any atom is -0.383 e.